The van der Waals surface area contributed by atoms with Crippen LogP contribution in [0.3, 0.4) is 0 Å². The Hall–Kier alpha value is -1.18. The van der Waals surface area contributed by atoms with Crippen molar-refractivity contribution in [2.24, 2.45) is 0 Å². The second-order valence-electron chi connectivity index (χ2n) is 2.59. The van der Waals surface area contributed by atoms with Gasteiger partial charge in [-0.15, -0.1) is 0 Å². The maximum Gasteiger partial charge on any atom is 0.332 e. The molecule has 2 unspecified atom stereocenters. The van der Waals surface area contributed by atoms with Crippen LogP contribution in [0.15, 0.2) is 0 Å². The first-order chi connectivity index (χ1) is 7.24. The Bertz CT molecular complexity index is 179. The highest BCUT2D eigenvalue weighted by atomic mass is 16.4. The highest BCUT2D eigenvalue weighted by molar-refractivity contribution is 5.71. The van der Waals surface area contributed by atoms with E-state index in [4.69, 9.17) is 25.5 Å². The van der Waals surface area contributed by atoms with Gasteiger partial charge in [0.1, 0.15) is 6.10 Å². The van der Waals surface area contributed by atoms with E-state index < -0.39 is 24.1 Å². The van der Waals surface area contributed by atoms with E-state index in [2.05, 4.69) is 0 Å². The van der Waals surface area contributed by atoms with Crippen molar-refractivity contribution < 1.29 is 35.1 Å². The molecule has 7 nitrogen and oxygen atoms in total. The topological polar surface area (TPSA) is 135 Å². The molecule has 2 atom stereocenters. The number of rotatable bonds is 3. The van der Waals surface area contributed by atoms with Crippen LogP contribution in [0, 0.1) is 0 Å². The molecule has 0 saturated carbocycles. The zero-order chi connectivity index (χ0) is 13.7. The minimum Gasteiger partial charge on any atom is -0.479 e. The van der Waals surface area contributed by atoms with Crippen LogP contribution in [0.4, 0.5) is 0 Å². The van der Waals surface area contributed by atoms with Crippen molar-refractivity contribution in [1.82, 2.24) is 0 Å². The van der Waals surface area contributed by atoms with Crippen molar-refractivity contribution in [3.05, 3.63) is 0 Å². The van der Waals surface area contributed by atoms with Crippen LogP contribution in [0.25, 0.3) is 0 Å². The highest BCUT2D eigenvalue weighted by Crippen LogP contribution is 1.86. The molecule has 0 aromatic carbocycles. The first-order valence-corrected chi connectivity index (χ1v) is 4.67. The lowest BCUT2D eigenvalue weighted by molar-refractivity contribution is -0.147. The first-order valence-electron chi connectivity index (χ1n) is 4.67. The van der Waals surface area contributed by atoms with Gasteiger partial charge in [-0.2, -0.15) is 0 Å². The van der Waals surface area contributed by atoms with E-state index in [0.29, 0.717) is 0 Å². The monoisotopic (exact) mass is 240 g/mol. The van der Waals surface area contributed by atoms with Gasteiger partial charge in [-0.1, -0.05) is 6.92 Å². The van der Waals surface area contributed by atoms with Crippen LogP contribution in [0.5, 0.6) is 0 Å². The number of carboxylic acid groups (broad SMARTS) is 2. The molecule has 0 aliphatic rings. The standard InChI is InChI=1S/C4H8O3.C3H6O3.C2H6O/c1-2-3(5)4(6)7;1-2(4)3(5)6;1-2-3/h3,5H,2H2,1H3,(H,6,7);2,4H,1H3,(H,5,6);3H,2H2,1H3. The van der Waals surface area contributed by atoms with Gasteiger partial charge in [0.25, 0.3) is 0 Å². The minimum absolute atomic E-state index is 0.250. The van der Waals surface area contributed by atoms with Gasteiger partial charge in [0.2, 0.25) is 0 Å². The van der Waals surface area contributed by atoms with Crippen molar-refractivity contribution in [2.75, 3.05) is 6.61 Å². The van der Waals surface area contributed by atoms with Gasteiger partial charge in [-0.25, -0.2) is 9.59 Å². The summed E-state index contributed by atoms with van der Waals surface area (Å²) in [5.74, 6) is -2.34. The summed E-state index contributed by atoms with van der Waals surface area (Å²) in [6.45, 7) is 4.74. The fourth-order valence-electron chi connectivity index (χ4n) is 0.175. The van der Waals surface area contributed by atoms with Gasteiger partial charge in [-0.05, 0) is 20.3 Å². The molecule has 0 saturated heterocycles. The lowest BCUT2D eigenvalue weighted by Gasteiger charge is -1.95. The number of hydrogen-bond donors (Lipinski definition) is 5. The van der Waals surface area contributed by atoms with Gasteiger partial charge in [0, 0.05) is 6.61 Å². The molecule has 0 aromatic heterocycles. The summed E-state index contributed by atoms with van der Waals surface area (Å²) in [5, 5.41) is 39.6. The molecule has 0 heterocycles. The van der Waals surface area contributed by atoms with Gasteiger partial charge >= 0.3 is 11.9 Å². The average Bonchev–Trinajstić information content (AvgIpc) is 2.18. The van der Waals surface area contributed by atoms with E-state index in [9.17, 15) is 9.59 Å². The molecule has 0 rings (SSSR count). The number of aliphatic hydroxyl groups is 3. The SMILES string of the molecule is CC(O)C(=O)O.CCC(O)C(=O)O.CCO. The summed E-state index contributed by atoms with van der Waals surface area (Å²) < 4.78 is 0. The summed E-state index contributed by atoms with van der Waals surface area (Å²) in [6, 6.07) is 0. The third-order valence-electron chi connectivity index (χ3n) is 1.03. The normalized spacial score (nSPS) is 12.1. The van der Waals surface area contributed by atoms with Crippen molar-refractivity contribution in [2.45, 2.75) is 39.4 Å². The number of carboxylic acids is 2. The van der Waals surface area contributed by atoms with E-state index in [1.807, 2.05) is 0 Å². The van der Waals surface area contributed by atoms with Crippen molar-refractivity contribution >= 4 is 11.9 Å². The minimum atomic E-state index is -1.23. The quantitative estimate of drug-likeness (QED) is 0.439. The highest BCUT2D eigenvalue weighted by Gasteiger charge is 2.07. The first kappa shape index (κ1) is 20.3. The van der Waals surface area contributed by atoms with Crippen molar-refractivity contribution in [3.8, 4) is 0 Å². The molecular formula is C9H20O7. The largest absolute Gasteiger partial charge is 0.479 e. The Kier molecular flexibility index (Phi) is 17.5. The molecule has 0 radical (unpaired) electrons. The van der Waals surface area contributed by atoms with Crippen LogP contribution < -0.4 is 0 Å². The molecular weight excluding hydrogens is 220 g/mol. The second-order valence-corrected chi connectivity index (χ2v) is 2.59. The van der Waals surface area contributed by atoms with Gasteiger partial charge < -0.3 is 25.5 Å². The molecule has 0 aliphatic heterocycles. The predicted octanol–water partition coefficient (Wildman–Crippen LogP) is -0.708. The van der Waals surface area contributed by atoms with Gasteiger partial charge in [0.05, 0.1) is 0 Å². The molecule has 0 spiro atoms. The van der Waals surface area contributed by atoms with E-state index in [-0.39, 0.29) is 13.0 Å². The fraction of sp³-hybridized carbons (Fsp3) is 0.778. The summed E-state index contributed by atoms with van der Waals surface area (Å²) in [4.78, 5) is 19.1. The summed E-state index contributed by atoms with van der Waals surface area (Å²) in [5.41, 5.74) is 0. The van der Waals surface area contributed by atoms with Crippen LogP contribution in [0.2, 0.25) is 0 Å². The van der Waals surface area contributed by atoms with Crippen LogP contribution in [-0.4, -0.2) is 56.3 Å². The molecule has 16 heavy (non-hydrogen) atoms. The lowest BCUT2D eigenvalue weighted by Crippen LogP contribution is -2.17. The fourth-order valence-corrected chi connectivity index (χ4v) is 0.175. The Morgan fingerprint density at radius 2 is 1.31 bits per heavy atom. The maximum absolute atomic E-state index is 9.68. The Labute approximate surface area is 94.0 Å². The van der Waals surface area contributed by atoms with Crippen LogP contribution in [-0.2, 0) is 9.59 Å². The molecule has 0 aliphatic carbocycles. The predicted molar refractivity (Wildman–Crippen MR) is 56.0 cm³/mol. The zero-order valence-corrected chi connectivity index (χ0v) is 9.62. The Morgan fingerprint density at radius 1 is 1.06 bits per heavy atom. The number of hydrogen-bond acceptors (Lipinski definition) is 5. The molecule has 0 fully saturated rings. The average molecular weight is 240 g/mol. The molecule has 5 N–H and O–H groups in total. The maximum atomic E-state index is 9.68. The molecule has 7 heteroatoms. The summed E-state index contributed by atoms with van der Waals surface area (Å²) in [6.07, 6.45) is -2.14. The zero-order valence-electron chi connectivity index (χ0n) is 9.62. The van der Waals surface area contributed by atoms with E-state index in [1.54, 1.807) is 13.8 Å². The van der Waals surface area contributed by atoms with Crippen molar-refractivity contribution in [3.63, 3.8) is 0 Å². The van der Waals surface area contributed by atoms with Crippen molar-refractivity contribution in [1.29, 1.82) is 0 Å². The van der Waals surface area contributed by atoms with Crippen LogP contribution >= 0.6 is 0 Å². The third-order valence-corrected chi connectivity index (χ3v) is 1.03. The lowest BCUT2D eigenvalue weighted by atomic mass is 10.3. The van der Waals surface area contributed by atoms with E-state index in [1.165, 1.54) is 6.92 Å². The second kappa shape index (κ2) is 13.8. The number of carbonyl (C=O) groups is 2. The van der Waals surface area contributed by atoms with Gasteiger partial charge in [0.15, 0.2) is 6.10 Å². The Morgan fingerprint density at radius 3 is 1.31 bits per heavy atom. The molecule has 0 amide bonds. The van der Waals surface area contributed by atoms with E-state index in [0.717, 1.165) is 0 Å². The van der Waals surface area contributed by atoms with Crippen LogP contribution in [0.1, 0.15) is 27.2 Å². The molecule has 98 valence electrons. The third kappa shape index (κ3) is 23.0. The summed E-state index contributed by atoms with van der Waals surface area (Å²) in [7, 11) is 0. The number of aliphatic hydroxyl groups excluding tert-OH is 3. The number of aliphatic carboxylic acids is 2. The molecule has 0 aromatic rings. The van der Waals surface area contributed by atoms with E-state index >= 15 is 0 Å². The Balaban J connectivity index is -0.000000172. The molecule has 0 bridgehead atoms. The van der Waals surface area contributed by atoms with Gasteiger partial charge in [-0.3, -0.25) is 0 Å². The summed E-state index contributed by atoms with van der Waals surface area (Å²) >= 11 is 0. The smallest absolute Gasteiger partial charge is 0.332 e.